The van der Waals surface area contributed by atoms with Crippen LogP contribution in [0.5, 0.6) is 0 Å². The molecule has 6 heteroatoms. The molecule has 0 unspecified atom stereocenters. The third-order valence-corrected chi connectivity index (χ3v) is 2.92. The molecule has 1 amide bonds. The van der Waals surface area contributed by atoms with Gasteiger partial charge in [0.25, 0.3) is 5.91 Å². The Morgan fingerprint density at radius 3 is 2.82 bits per heavy atom. The monoisotopic (exact) mass is 319 g/mol. The number of nitrogens with one attached hydrogen (secondary N) is 1. The smallest absolute Gasteiger partial charge is 0.331 e. The number of hydrogen-bond acceptors (Lipinski definition) is 4. The summed E-state index contributed by atoms with van der Waals surface area (Å²) in [5.41, 5.74) is 0.534. The fraction of sp³-hybridized carbons (Fsp3) is 0.125. The van der Waals surface area contributed by atoms with E-state index in [0.717, 1.165) is 0 Å². The number of carbonyl (C=O) groups is 2. The van der Waals surface area contributed by atoms with Crippen molar-refractivity contribution in [3.8, 4) is 0 Å². The van der Waals surface area contributed by atoms with Crippen LogP contribution in [-0.2, 0) is 14.3 Å². The van der Waals surface area contributed by atoms with E-state index < -0.39 is 18.0 Å². The first-order valence-electron chi connectivity index (χ1n) is 6.53. The molecule has 0 saturated carbocycles. The fourth-order valence-corrected chi connectivity index (χ4v) is 1.80. The van der Waals surface area contributed by atoms with Crippen molar-refractivity contribution in [1.82, 2.24) is 0 Å². The van der Waals surface area contributed by atoms with Gasteiger partial charge in [-0.25, -0.2) is 4.79 Å². The van der Waals surface area contributed by atoms with Crippen LogP contribution in [0.3, 0.4) is 0 Å². The molecule has 22 heavy (non-hydrogen) atoms. The maximum atomic E-state index is 11.9. The van der Waals surface area contributed by atoms with Crippen LogP contribution in [0.15, 0.2) is 53.2 Å². The van der Waals surface area contributed by atoms with Crippen LogP contribution in [0.4, 0.5) is 5.69 Å². The highest BCUT2D eigenvalue weighted by Crippen LogP contribution is 2.15. The molecular weight excluding hydrogens is 306 g/mol. The minimum Gasteiger partial charge on any atom is -0.465 e. The van der Waals surface area contributed by atoms with E-state index in [1.165, 1.54) is 25.3 Å². The van der Waals surface area contributed by atoms with Crippen LogP contribution >= 0.6 is 11.6 Å². The molecule has 1 N–H and O–H groups in total. The van der Waals surface area contributed by atoms with Crippen molar-refractivity contribution < 1.29 is 18.7 Å². The van der Waals surface area contributed by atoms with E-state index in [2.05, 4.69) is 5.32 Å². The second-order valence-electron chi connectivity index (χ2n) is 4.43. The predicted molar refractivity (Wildman–Crippen MR) is 83.4 cm³/mol. The van der Waals surface area contributed by atoms with Crippen LogP contribution in [0, 0.1) is 0 Å². The van der Waals surface area contributed by atoms with Crippen molar-refractivity contribution in [2.45, 2.75) is 13.0 Å². The molecule has 5 nitrogen and oxygen atoms in total. The van der Waals surface area contributed by atoms with Crippen molar-refractivity contribution in [2.75, 3.05) is 5.32 Å². The molecule has 0 aliphatic heterocycles. The first-order valence-corrected chi connectivity index (χ1v) is 6.91. The van der Waals surface area contributed by atoms with E-state index in [1.54, 1.807) is 36.4 Å². The number of anilines is 1. The van der Waals surface area contributed by atoms with Gasteiger partial charge in [0.2, 0.25) is 0 Å². The van der Waals surface area contributed by atoms with Crippen molar-refractivity contribution >= 4 is 35.2 Å². The average molecular weight is 320 g/mol. The number of benzene rings is 1. The van der Waals surface area contributed by atoms with Crippen LogP contribution < -0.4 is 5.32 Å². The van der Waals surface area contributed by atoms with Crippen molar-refractivity contribution in [3.63, 3.8) is 0 Å². The zero-order valence-corrected chi connectivity index (χ0v) is 12.5. The molecule has 0 radical (unpaired) electrons. The van der Waals surface area contributed by atoms with Gasteiger partial charge in [-0.15, -0.1) is 0 Å². The van der Waals surface area contributed by atoms with Crippen LogP contribution in [-0.4, -0.2) is 18.0 Å². The van der Waals surface area contributed by atoms with Gasteiger partial charge >= 0.3 is 5.97 Å². The molecule has 0 saturated heterocycles. The molecule has 0 aliphatic carbocycles. The van der Waals surface area contributed by atoms with Gasteiger partial charge in [0.15, 0.2) is 6.10 Å². The molecule has 1 heterocycles. The molecule has 2 rings (SSSR count). The third-order valence-electron chi connectivity index (χ3n) is 2.68. The summed E-state index contributed by atoms with van der Waals surface area (Å²) >= 11 is 5.83. The molecule has 0 bridgehead atoms. The Balaban J connectivity index is 1.87. The van der Waals surface area contributed by atoms with E-state index in [4.69, 9.17) is 20.8 Å². The lowest BCUT2D eigenvalue weighted by Gasteiger charge is -2.12. The normalized spacial score (nSPS) is 12.1. The highest BCUT2D eigenvalue weighted by atomic mass is 35.5. The highest BCUT2D eigenvalue weighted by Gasteiger charge is 2.16. The number of furan rings is 1. The molecule has 2 aromatic rings. The Morgan fingerprint density at radius 2 is 2.14 bits per heavy atom. The van der Waals surface area contributed by atoms with E-state index in [-0.39, 0.29) is 0 Å². The summed E-state index contributed by atoms with van der Waals surface area (Å²) < 4.78 is 10.0. The lowest BCUT2D eigenvalue weighted by molar-refractivity contribution is -0.148. The Hall–Kier alpha value is -2.53. The number of carbonyl (C=O) groups excluding carboxylic acids is 2. The van der Waals surface area contributed by atoms with Gasteiger partial charge in [-0.3, -0.25) is 4.79 Å². The van der Waals surface area contributed by atoms with Crippen LogP contribution in [0.1, 0.15) is 12.7 Å². The van der Waals surface area contributed by atoms with Gasteiger partial charge in [-0.05, 0) is 43.3 Å². The number of amides is 1. The largest absolute Gasteiger partial charge is 0.465 e. The molecular formula is C16H14ClNO4. The molecule has 1 aromatic carbocycles. The standard InChI is InChI=1S/C16H14ClNO4/c1-11(16(20)18-13-5-2-4-12(17)10-13)22-15(19)8-7-14-6-3-9-21-14/h2-11H,1H3,(H,18,20)/b8-7+/t11-/m0/s1. The fourth-order valence-electron chi connectivity index (χ4n) is 1.61. The zero-order chi connectivity index (χ0) is 15.9. The first-order chi connectivity index (χ1) is 10.5. The summed E-state index contributed by atoms with van der Waals surface area (Å²) in [6.07, 6.45) is 3.21. The Labute approximate surface area is 132 Å². The van der Waals surface area contributed by atoms with Gasteiger partial charge in [0.1, 0.15) is 5.76 Å². The SMILES string of the molecule is C[C@H](OC(=O)/C=C/c1ccco1)C(=O)Nc1cccc(Cl)c1. The number of esters is 1. The summed E-state index contributed by atoms with van der Waals surface area (Å²) in [7, 11) is 0. The van der Waals surface area contributed by atoms with Crippen LogP contribution in [0.25, 0.3) is 6.08 Å². The van der Waals surface area contributed by atoms with E-state index in [0.29, 0.717) is 16.5 Å². The van der Waals surface area contributed by atoms with Gasteiger partial charge in [-0.2, -0.15) is 0 Å². The maximum Gasteiger partial charge on any atom is 0.331 e. The van der Waals surface area contributed by atoms with E-state index >= 15 is 0 Å². The van der Waals surface area contributed by atoms with Crippen molar-refractivity contribution in [3.05, 3.63) is 59.5 Å². The Kier molecular flexibility index (Phi) is 5.38. The summed E-state index contributed by atoms with van der Waals surface area (Å²) in [6.45, 7) is 1.48. The number of hydrogen-bond donors (Lipinski definition) is 1. The zero-order valence-electron chi connectivity index (χ0n) is 11.8. The quantitative estimate of drug-likeness (QED) is 0.676. The first kappa shape index (κ1) is 15.9. The van der Waals surface area contributed by atoms with Gasteiger partial charge < -0.3 is 14.5 Å². The summed E-state index contributed by atoms with van der Waals surface area (Å²) in [5.74, 6) is -0.555. The van der Waals surface area contributed by atoms with E-state index in [1.807, 2.05) is 0 Å². The highest BCUT2D eigenvalue weighted by molar-refractivity contribution is 6.30. The summed E-state index contributed by atoms with van der Waals surface area (Å²) in [6, 6.07) is 10.1. The van der Waals surface area contributed by atoms with Crippen molar-refractivity contribution in [2.24, 2.45) is 0 Å². The predicted octanol–water partition coefficient (Wildman–Crippen LogP) is 3.52. The minimum atomic E-state index is -0.937. The number of halogens is 1. The third kappa shape index (κ3) is 4.79. The van der Waals surface area contributed by atoms with Gasteiger partial charge in [0, 0.05) is 16.8 Å². The molecule has 0 fully saturated rings. The molecule has 1 atom stereocenters. The molecule has 0 spiro atoms. The van der Waals surface area contributed by atoms with E-state index in [9.17, 15) is 9.59 Å². The van der Waals surface area contributed by atoms with Gasteiger partial charge in [-0.1, -0.05) is 17.7 Å². The lowest BCUT2D eigenvalue weighted by Crippen LogP contribution is -2.29. The lowest BCUT2D eigenvalue weighted by atomic mass is 10.3. The summed E-state index contributed by atoms with van der Waals surface area (Å²) in [5, 5.41) is 3.12. The Morgan fingerprint density at radius 1 is 1.32 bits per heavy atom. The van der Waals surface area contributed by atoms with Crippen LogP contribution in [0.2, 0.25) is 5.02 Å². The second-order valence-corrected chi connectivity index (χ2v) is 4.86. The minimum absolute atomic E-state index is 0.443. The molecule has 1 aromatic heterocycles. The van der Waals surface area contributed by atoms with Gasteiger partial charge in [0.05, 0.1) is 6.26 Å². The summed E-state index contributed by atoms with van der Waals surface area (Å²) in [4.78, 5) is 23.5. The number of ether oxygens (including phenoxy) is 1. The second kappa shape index (κ2) is 7.47. The molecule has 114 valence electrons. The molecule has 0 aliphatic rings. The van der Waals surface area contributed by atoms with Crippen molar-refractivity contribution in [1.29, 1.82) is 0 Å². The number of rotatable bonds is 5. The topological polar surface area (TPSA) is 68.5 Å². The Bertz CT molecular complexity index is 679. The maximum absolute atomic E-state index is 11.9. The average Bonchev–Trinajstić information content (AvgIpc) is 2.98.